The van der Waals surface area contributed by atoms with E-state index >= 15 is 0 Å². The number of nitrogens with two attached hydrogens (primary N) is 1. The zero-order valence-electron chi connectivity index (χ0n) is 15.7. The summed E-state index contributed by atoms with van der Waals surface area (Å²) in [6.45, 7) is 0. The monoisotopic (exact) mass is 431 g/mol. The van der Waals surface area contributed by atoms with Gasteiger partial charge in [-0.15, -0.1) is 13.2 Å². The minimum Gasteiger partial charge on any atom is -0.465 e. The maximum atomic E-state index is 12.5. The van der Waals surface area contributed by atoms with Gasteiger partial charge in [-0.1, -0.05) is 18.2 Å². The maximum Gasteiger partial charge on any atom is 0.573 e. The topological polar surface area (TPSA) is 114 Å². The van der Waals surface area contributed by atoms with Crippen LogP contribution in [0.5, 0.6) is 5.75 Å². The average molecular weight is 431 g/mol. The number of carbonyl (C=O) groups is 2. The number of alkyl halides is 3. The quantitative estimate of drug-likeness (QED) is 0.416. The largest absolute Gasteiger partial charge is 0.573 e. The molecule has 31 heavy (non-hydrogen) atoms. The lowest BCUT2D eigenvalue weighted by molar-refractivity contribution is -0.274. The van der Waals surface area contributed by atoms with Crippen LogP contribution >= 0.6 is 0 Å². The third-order valence-corrected chi connectivity index (χ3v) is 4.10. The highest BCUT2D eigenvalue weighted by atomic mass is 19.4. The van der Waals surface area contributed by atoms with Gasteiger partial charge in [-0.3, -0.25) is 10.1 Å². The minimum atomic E-state index is -4.81. The van der Waals surface area contributed by atoms with Crippen LogP contribution in [0.4, 0.5) is 35.0 Å². The highest BCUT2D eigenvalue weighted by Gasteiger charge is 2.31. The first-order chi connectivity index (χ1) is 14.6. The summed E-state index contributed by atoms with van der Waals surface area (Å²) < 4.78 is 41.3. The van der Waals surface area contributed by atoms with Crippen LogP contribution in [0, 0.1) is 0 Å². The van der Waals surface area contributed by atoms with Crippen LogP contribution in [-0.2, 0) is 0 Å². The molecule has 0 aromatic heterocycles. The van der Waals surface area contributed by atoms with E-state index in [0.29, 0.717) is 16.8 Å². The first-order valence-electron chi connectivity index (χ1n) is 8.78. The molecule has 2 amide bonds. The van der Waals surface area contributed by atoms with Gasteiger partial charge in [0.05, 0.1) is 11.4 Å². The van der Waals surface area contributed by atoms with Gasteiger partial charge in [-0.05, 0) is 59.7 Å². The van der Waals surface area contributed by atoms with Crippen molar-refractivity contribution in [3.63, 3.8) is 0 Å². The van der Waals surface area contributed by atoms with Gasteiger partial charge in [-0.25, -0.2) is 4.79 Å². The summed E-state index contributed by atoms with van der Waals surface area (Å²) in [5.74, 6) is -0.873. The normalized spacial score (nSPS) is 10.9. The molecule has 3 aromatic rings. The van der Waals surface area contributed by atoms with Crippen LogP contribution in [0.1, 0.15) is 10.4 Å². The molecular weight excluding hydrogens is 415 g/mol. The van der Waals surface area contributed by atoms with E-state index in [4.69, 9.17) is 10.8 Å². The summed E-state index contributed by atoms with van der Waals surface area (Å²) in [6, 6.07) is 15.8. The van der Waals surface area contributed by atoms with E-state index < -0.39 is 18.4 Å². The minimum absolute atomic E-state index is 0.251. The smallest absolute Gasteiger partial charge is 0.465 e. The summed E-state index contributed by atoms with van der Waals surface area (Å²) >= 11 is 0. The Morgan fingerprint density at radius 1 is 0.903 bits per heavy atom. The Balaban J connectivity index is 1.81. The predicted octanol–water partition coefficient (Wildman–Crippen LogP) is 5.18. The fourth-order valence-corrected chi connectivity index (χ4v) is 2.74. The molecule has 0 bridgehead atoms. The fourth-order valence-electron chi connectivity index (χ4n) is 2.74. The van der Waals surface area contributed by atoms with Gasteiger partial charge in [-0.2, -0.15) is 0 Å². The summed E-state index contributed by atoms with van der Waals surface area (Å²) in [5, 5.41) is 13.5. The molecule has 0 aliphatic heterocycles. The van der Waals surface area contributed by atoms with Crippen LogP contribution in [0.25, 0.3) is 11.1 Å². The number of hydrogen-bond donors (Lipinski definition) is 4. The molecule has 0 spiro atoms. The molecule has 0 unspecified atom stereocenters. The van der Waals surface area contributed by atoms with E-state index in [-0.39, 0.29) is 22.7 Å². The van der Waals surface area contributed by atoms with Gasteiger partial charge < -0.3 is 20.9 Å². The predicted molar refractivity (Wildman–Crippen MR) is 109 cm³/mol. The maximum absolute atomic E-state index is 12.5. The van der Waals surface area contributed by atoms with Crippen molar-refractivity contribution in [3.05, 3.63) is 72.3 Å². The van der Waals surface area contributed by atoms with Crippen LogP contribution in [0.3, 0.4) is 0 Å². The van der Waals surface area contributed by atoms with Gasteiger partial charge in [0.25, 0.3) is 5.91 Å². The van der Waals surface area contributed by atoms with Gasteiger partial charge in [0.2, 0.25) is 0 Å². The number of anilines is 3. The number of nitrogens with one attached hydrogen (secondary N) is 2. The number of nitrogen functional groups attached to an aromatic ring is 1. The Morgan fingerprint density at radius 3 is 2.23 bits per heavy atom. The fraction of sp³-hybridized carbons (Fsp3) is 0.0476. The van der Waals surface area contributed by atoms with E-state index in [0.717, 1.165) is 0 Å². The molecular formula is C21H16F3N3O4. The number of benzene rings is 3. The SMILES string of the molecule is Nc1ccc(-c2cccc(OC(F)(F)F)c2)cc1NC(=O)c1ccc(NC(=O)O)cc1. The molecule has 3 rings (SSSR count). The number of amides is 2. The number of hydrogen-bond acceptors (Lipinski definition) is 4. The molecule has 10 heteroatoms. The standard InChI is InChI=1S/C21H16F3N3O4/c22-21(23,24)31-16-3-1-2-13(10-16)14-6-9-17(25)18(11-14)27-19(28)12-4-7-15(8-5-12)26-20(29)30/h1-11,26H,25H2,(H,27,28)(H,29,30). The van der Waals surface area contributed by atoms with Crippen LogP contribution in [0.2, 0.25) is 0 Å². The summed E-state index contributed by atoms with van der Waals surface area (Å²) in [7, 11) is 0. The van der Waals surface area contributed by atoms with Gasteiger partial charge in [0, 0.05) is 11.3 Å². The van der Waals surface area contributed by atoms with Crippen molar-refractivity contribution in [2.24, 2.45) is 0 Å². The Morgan fingerprint density at radius 2 is 1.58 bits per heavy atom. The van der Waals surface area contributed by atoms with Crippen molar-refractivity contribution in [3.8, 4) is 16.9 Å². The van der Waals surface area contributed by atoms with Crippen LogP contribution in [0.15, 0.2) is 66.7 Å². The highest BCUT2D eigenvalue weighted by Crippen LogP contribution is 2.31. The molecule has 0 atom stereocenters. The third kappa shape index (κ3) is 5.89. The van der Waals surface area contributed by atoms with E-state index in [1.54, 1.807) is 12.1 Å². The summed E-state index contributed by atoms with van der Waals surface area (Å²) in [5.41, 5.74) is 7.93. The lowest BCUT2D eigenvalue weighted by Crippen LogP contribution is -2.17. The van der Waals surface area contributed by atoms with Gasteiger partial charge >= 0.3 is 12.5 Å². The van der Waals surface area contributed by atoms with E-state index in [2.05, 4.69) is 15.4 Å². The molecule has 0 saturated carbocycles. The second-order valence-corrected chi connectivity index (χ2v) is 6.34. The van der Waals surface area contributed by atoms with E-state index in [9.17, 15) is 22.8 Å². The van der Waals surface area contributed by atoms with Crippen molar-refractivity contribution in [2.75, 3.05) is 16.4 Å². The van der Waals surface area contributed by atoms with Crippen molar-refractivity contribution >= 4 is 29.1 Å². The molecule has 0 radical (unpaired) electrons. The van der Waals surface area contributed by atoms with Gasteiger partial charge in [0.1, 0.15) is 5.75 Å². The third-order valence-electron chi connectivity index (χ3n) is 4.10. The molecule has 0 saturated heterocycles. The number of carboxylic acid groups (broad SMARTS) is 1. The van der Waals surface area contributed by atoms with Crippen molar-refractivity contribution < 1.29 is 32.6 Å². The van der Waals surface area contributed by atoms with Crippen molar-refractivity contribution in [2.45, 2.75) is 6.36 Å². The molecule has 0 heterocycles. The number of rotatable bonds is 5. The van der Waals surface area contributed by atoms with Crippen molar-refractivity contribution in [1.29, 1.82) is 0 Å². The Bertz CT molecular complexity index is 1120. The molecule has 160 valence electrons. The molecule has 0 fully saturated rings. The number of ether oxygens (including phenoxy) is 1. The lowest BCUT2D eigenvalue weighted by atomic mass is 10.0. The van der Waals surface area contributed by atoms with E-state index in [1.807, 2.05) is 0 Å². The molecule has 5 N–H and O–H groups in total. The average Bonchev–Trinajstić information content (AvgIpc) is 2.68. The Kier molecular flexibility index (Phi) is 6.00. The summed E-state index contributed by atoms with van der Waals surface area (Å²) in [6.07, 6.45) is -6.04. The molecule has 3 aromatic carbocycles. The van der Waals surface area contributed by atoms with Crippen LogP contribution < -0.4 is 21.1 Å². The first-order valence-corrected chi connectivity index (χ1v) is 8.78. The molecule has 0 aliphatic carbocycles. The number of carbonyl (C=O) groups excluding carboxylic acids is 1. The van der Waals surface area contributed by atoms with Gasteiger partial charge in [0.15, 0.2) is 0 Å². The second-order valence-electron chi connectivity index (χ2n) is 6.34. The second kappa shape index (κ2) is 8.66. The summed E-state index contributed by atoms with van der Waals surface area (Å²) in [4.78, 5) is 23.1. The lowest BCUT2D eigenvalue weighted by Gasteiger charge is -2.13. The number of halogens is 3. The zero-order valence-corrected chi connectivity index (χ0v) is 15.7. The Labute approximate surface area is 174 Å². The zero-order chi connectivity index (χ0) is 22.6. The first kappa shape index (κ1) is 21.5. The van der Waals surface area contributed by atoms with E-state index in [1.165, 1.54) is 54.6 Å². The highest BCUT2D eigenvalue weighted by molar-refractivity contribution is 6.06. The van der Waals surface area contributed by atoms with Crippen molar-refractivity contribution in [1.82, 2.24) is 0 Å². The molecule has 0 aliphatic rings. The van der Waals surface area contributed by atoms with Crippen LogP contribution in [-0.4, -0.2) is 23.5 Å². The Hall–Kier alpha value is -4.21. The molecule has 7 nitrogen and oxygen atoms in total.